The summed E-state index contributed by atoms with van der Waals surface area (Å²) in [7, 11) is 0. The number of hydrogen-bond acceptors (Lipinski definition) is 4. The summed E-state index contributed by atoms with van der Waals surface area (Å²) in [6.07, 6.45) is 0. The molecule has 0 rings (SSSR count). The van der Waals surface area contributed by atoms with Crippen molar-refractivity contribution in [2.45, 2.75) is 0 Å². The molecule has 0 aromatic carbocycles. The monoisotopic (exact) mass is 197 g/mol. The molecule has 0 radical (unpaired) electrons. The Morgan fingerprint density at radius 1 is 0.727 bits per heavy atom. The fourth-order valence-corrected chi connectivity index (χ4v) is 0.760. The van der Waals surface area contributed by atoms with E-state index in [0.717, 1.165) is 0 Å². The van der Waals surface area contributed by atoms with Crippen molar-refractivity contribution in [2.24, 2.45) is 0 Å². The van der Waals surface area contributed by atoms with Gasteiger partial charge in [-0.3, -0.25) is 4.90 Å². The number of hydrogen-bond donors (Lipinski definition) is 3. The van der Waals surface area contributed by atoms with Gasteiger partial charge in [0.25, 0.3) is 0 Å². The molecule has 0 aromatic rings. The topological polar surface area (TPSA) is 63.9 Å². The average Bonchev–Trinajstić information content (AvgIpc) is 1.90. The minimum absolute atomic E-state index is 0. The van der Waals surface area contributed by atoms with Crippen LogP contribution in [-0.2, 0) is 21.7 Å². The first-order chi connectivity index (χ1) is 4.85. The van der Waals surface area contributed by atoms with Crippen LogP contribution in [0.25, 0.3) is 0 Å². The van der Waals surface area contributed by atoms with E-state index in [1.165, 1.54) is 0 Å². The molecule has 0 saturated carbocycles. The Balaban J connectivity index is 0. The Bertz CT molecular complexity index is 60.6. The average molecular weight is 197 g/mol. The van der Waals surface area contributed by atoms with E-state index in [-0.39, 0.29) is 41.5 Å². The van der Waals surface area contributed by atoms with Gasteiger partial charge in [-0.15, -0.1) is 0 Å². The zero-order valence-electron chi connectivity index (χ0n) is 6.53. The van der Waals surface area contributed by atoms with Crippen LogP contribution < -0.4 is 0 Å². The summed E-state index contributed by atoms with van der Waals surface area (Å²) in [5.41, 5.74) is 0. The quantitative estimate of drug-likeness (QED) is 0.442. The first kappa shape index (κ1) is 14.1. The van der Waals surface area contributed by atoms with Gasteiger partial charge < -0.3 is 15.3 Å². The minimum atomic E-state index is 0. The summed E-state index contributed by atoms with van der Waals surface area (Å²) in [6, 6.07) is 0. The number of nitrogens with zero attached hydrogens (tertiary/aromatic N) is 1. The summed E-state index contributed by atoms with van der Waals surface area (Å²) in [5, 5.41) is 25.5. The second-order valence-electron chi connectivity index (χ2n) is 2.01. The SMILES string of the molecule is OCCN(CCO)CCO.[Ti+2]. The van der Waals surface area contributed by atoms with E-state index in [0.29, 0.717) is 19.6 Å². The predicted molar refractivity (Wildman–Crippen MR) is 37.7 cm³/mol. The van der Waals surface area contributed by atoms with Gasteiger partial charge in [0.05, 0.1) is 19.8 Å². The van der Waals surface area contributed by atoms with Crippen LogP contribution in [0.15, 0.2) is 0 Å². The molecule has 0 aliphatic carbocycles. The minimum Gasteiger partial charge on any atom is -0.395 e. The van der Waals surface area contributed by atoms with Gasteiger partial charge in [-0.1, -0.05) is 0 Å². The molecule has 0 unspecified atom stereocenters. The largest absolute Gasteiger partial charge is 2.00 e. The van der Waals surface area contributed by atoms with Gasteiger partial charge in [0.1, 0.15) is 0 Å². The molecule has 64 valence electrons. The van der Waals surface area contributed by atoms with Crippen molar-refractivity contribution in [2.75, 3.05) is 39.5 Å². The molecular formula is C6H15NO3Ti+2. The van der Waals surface area contributed by atoms with Crippen LogP contribution in [0, 0.1) is 0 Å². The summed E-state index contributed by atoms with van der Waals surface area (Å²) >= 11 is 0. The van der Waals surface area contributed by atoms with E-state index in [1.807, 2.05) is 0 Å². The fraction of sp³-hybridized carbons (Fsp3) is 1.00. The van der Waals surface area contributed by atoms with Crippen LogP contribution in [0.4, 0.5) is 0 Å². The maximum absolute atomic E-state index is 8.48. The van der Waals surface area contributed by atoms with Crippen LogP contribution in [0.5, 0.6) is 0 Å². The third-order valence-electron chi connectivity index (χ3n) is 1.25. The van der Waals surface area contributed by atoms with E-state index < -0.39 is 0 Å². The van der Waals surface area contributed by atoms with E-state index in [1.54, 1.807) is 4.90 Å². The van der Waals surface area contributed by atoms with Gasteiger partial charge in [0, 0.05) is 19.6 Å². The van der Waals surface area contributed by atoms with Crippen molar-refractivity contribution in [3.05, 3.63) is 0 Å². The van der Waals surface area contributed by atoms with Gasteiger partial charge in [0.2, 0.25) is 0 Å². The molecule has 0 heterocycles. The first-order valence-electron chi connectivity index (χ1n) is 3.40. The standard InChI is InChI=1S/C6H15NO3.Ti/c8-4-1-7(2-5-9)3-6-10;/h8-10H,1-6H2;/q;+2. The second kappa shape index (κ2) is 10.6. The predicted octanol–water partition coefficient (Wildman–Crippen LogP) is -1.74. The molecule has 0 bridgehead atoms. The van der Waals surface area contributed by atoms with Crippen molar-refractivity contribution in [3.63, 3.8) is 0 Å². The molecule has 11 heavy (non-hydrogen) atoms. The number of aliphatic hydroxyl groups excluding tert-OH is 3. The van der Waals surface area contributed by atoms with Crippen LogP contribution in [0.2, 0.25) is 0 Å². The first-order valence-corrected chi connectivity index (χ1v) is 3.40. The van der Waals surface area contributed by atoms with Gasteiger partial charge in [-0.2, -0.15) is 0 Å². The van der Waals surface area contributed by atoms with Crippen LogP contribution in [0.3, 0.4) is 0 Å². The van der Waals surface area contributed by atoms with Crippen LogP contribution >= 0.6 is 0 Å². The van der Waals surface area contributed by atoms with Crippen molar-refractivity contribution < 1.29 is 37.0 Å². The summed E-state index contributed by atoms with van der Waals surface area (Å²) < 4.78 is 0. The third-order valence-corrected chi connectivity index (χ3v) is 1.25. The van der Waals surface area contributed by atoms with Gasteiger partial charge in [-0.25, -0.2) is 0 Å². The summed E-state index contributed by atoms with van der Waals surface area (Å²) in [5.74, 6) is 0. The normalized spacial score (nSPS) is 9.82. The molecule has 0 saturated heterocycles. The number of aliphatic hydroxyl groups is 3. The van der Waals surface area contributed by atoms with Gasteiger partial charge >= 0.3 is 21.7 Å². The van der Waals surface area contributed by atoms with Crippen LogP contribution in [0.1, 0.15) is 0 Å². The van der Waals surface area contributed by atoms with E-state index >= 15 is 0 Å². The second-order valence-corrected chi connectivity index (χ2v) is 2.01. The Morgan fingerprint density at radius 2 is 1.00 bits per heavy atom. The zero-order chi connectivity index (χ0) is 7.82. The Labute approximate surface area is 81.7 Å². The molecule has 0 fully saturated rings. The zero-order valence-corrected chi connectivity index (χ0v) is 8.09. The maximum atomic E-state index is 8.48. The number of rotatable bonds is 6. The maximum Gasteiger partial charge on any atom is 2.00 e. The molecule has 0 atom stereocenters. The Morgan fingerprint density at radius 3 is 1.18 bits per heavy atom. The van der Waals surface area contributed by atoms with Gasteiger partial charge in [0.15, 0.2) is 0 Å². The van der Waals surface area contributed by atoms with Gasteiger partial charge in [-0.05, 0) is 0 Å². The summed E-state index contributed by atoms with van der Waals surface area (Å²) in [4.78, 5) is 1.79. The molecule has 0 aliphatic rings. The molecular weight excluding hydrogens is 182 g/mol. The van der Waals surface area contributed by atoms with E-state index in [2.05, 4.69) is 0 Å². The van der Waals surface area contributed by atoms with Crippen molar-refractivity contribution in [1.29, 1.82) is 0 Å². The fourth-order valence-electron chi connectivity index (χ4n) is 0.760. The van der Waals surface area contributed by atoms with Crippen LogP contribution in [-0.4, -0.2) is 59.7 Å². The molecule has 0 aromatic heterocycles. The molecule has 3 N–H and O–H groups in total. The van der Waals surface area contributed by atoms with E-state index in [9.17, 15) is 0 Å². The smallest absolute Gasteiger partial charge is 0.395 e. The molecule has 0 aliphatic heterocycles. The molecule has 0 spiro atoms. The summed E-state index contributed by atoms with van der Waals surface area (Å²) in [6.45, 7) is 1.75. The third kappa shape index (κ3) is 8.46. The molecule has 5 heteroatoms. The molecule has 0 amide bonds. The Kier molecular flexibility index (Phi) is 13.5. The van der Waals surface area contributed by atoms with Crippen molar-refractivity contribution in [3.8, 4) is 0 Å². The Hall–Kier alpha value is 0.554. The van der Waals surface area contributed by atoms with Crippen molar-refractivity contribution >= 4 is 0 Å². The molecule has 4 nitrogen and oxygen atoms in total. The van der Waals surface area contributed by atoms with E-state index in [4.69, 9.17) is 15.3 Å². The van der Waals surface area contributed by atoms with Crippen molar-refractivity contribution in [1.82, 2.24) is 4.90 Å².